The molecule has 2 aromatic carbocycles. The molecule has 1 saturated heterocycles. The second-order valence-corrected chi connectivity index (χ2v) is 6.03. The number of halogens is 2. The van der Waals surface area contributed by atoms with Crippen LogP contribution in [0, 0.1) is 0 Å². The molecule has 0 unspecified atom stereocenters. The van der Waals surface area contributed by atoms with Gasteiger partial charge in [-0.1, -0.05) is 45.7 Å². The summed E-state index contributed by atoms with van der Waals surface area (Å²) in [5, 5.41) is 1.68. The summed E-state index contributed by atoms with van der Waals surface area (Å²) in [5.74, 6) is -0.850. The van der Waals surface area contributed by atoms with E-state index in [0.717, 1.165) is 10.0 Å². The first-order valence-corrected chi connectivity index (χ1v) is 7.60. The van der Waals surface area contributed by atoms with E-state index in [2.05, 4.69) is 21.4 Å². The number of hydrazine groups is 1. The maximum absolute atomic E-state index is 12.4. The van der Waals surface area contributed by atoms with Crippen molar-refractivity contribution in [2.24, 2.45) is 0 Å². The fourth-order valence-corrected chi connectivity index (χ4v) is 2.72. The van der Waals surface area contributed by atoms with Crippen LogP contribution in [0.25, 0.3) is 6.08 Å². The number of hydrogen-bond donors (Lipinski definition) is 1. The molecule has 1 aliphatic heterocycles. The van der Waals surface area contributed by atoms with E-state index in [1.54, 1.807) is 30.3 Å². The molecule has 0 spiro atoms. The minimum absolute atomic E-state index is 0.0816. The van der Waals surface area contributed by atoms with Gasteiger partial charge in [0.2, 0.25) is 0 Å². The van der Waals surface area contributed by atoms with Gasteiger partial charge in [-0.2, -0.15) is 0 Å². The van der Waals surface area contributed by atoms with E-state index in [-0.39, 0.29) is 5.57 Å². The van der Waals surface area contributed by atoms with Crippen LogP contribution >= 0.6 is 27.5 Å². The quantitative estimate of drug-likeness (QED) is 0.642. The summed E-state index contributed by atoms with van der Waals surface area (Å²) in [6, 6.07) is 14.1. The minimum Gasteiger partial charge on any atom is -0.267 e. The number of amides is 2. The average Bonchev–Trinajstić information content (AvgIpc) is 2.75. The average molecular weight is 378 g/mol. The zero-order valence-corrected chi connectivity index (χ0v) is 13.6. The highest BCUT2D eigenvalue weighted by molar-refractivity contribution is 9.10. The lowest BCUT2D eigenvalue weighted by atomic mass is 10.1. The van der Waals surface area contributed by atoms with Gasteiger partial charge in [0.05, 0.1) is 5.69 Å². The fourth-order valence-electron chi connectivity index (χ4n) is 2.12. The van der Waals surface area contributed by atoms with Crippen molar-refractivity contribution in [2.45, 2.75) is 0 Å². The van der Waals surface area contributed by atoms with E-state index in [1.165, 1.54) is 5.01 Å². The van der Waals surface area contributed by atoms with Crippen LogP contribution in [0.3, 0.4) is 0 Å². The predicted molar refractivity (Wildman–Crippen MR) is 89.2 cm³/mol. The Morgan fingerprint density at radius 2 is 1.86 bits per heavy atom. The molecule has 0 atom stereocenters. The summed E-state index contributed by atoms with van der Waals surface area (Å²) in [5.41, 5.74) is 3.90. The van der Waals surface area contributed by atoms with Crippen molar-refractivity contribution in [1.29, 1.82) is 0 Å². The zero-order chi connectivity index (χ0) is 15.7. The smallest absolute Gasteiger partial charge is 0.267 e. The molecule has 0 saturated carbocycles. The Bertz CT molecular complexity index is 804. The Morgan fingerprint density at radius 1 is 1.09 bits per heavy atom. The molecule has 1 aliphatic rings. The molecule has 6 heteroatoms. The van der Waals surface area contributed by atoms with Gasteiger partial charge in [0, 0.05) is 9.50 Å². The summed E-state index contributed by atoms with van der Waals surface area (Å²) in [6.07, 6.45) is 1.56. The fraction of sp³-hybridized carbons (Fsp3) is 0. The normalized spacial score (nSPS) is 16.3. The van der Waals surface area contributed by atoms with Crippen LogP contribution < -0.4 is 10.4 Å². The lowest BCUT2D eigenvalue weighted by Crippen LogP contribution is -2.35. The van der Waals surface area contributed by atoms with Gasteiger partial charge in [0.15, 0.2) is 0 Å². The molecule has 3 rings (SSSR count). The highest BCUT2D eigenvalue weighted by atomic mass is 79.9. The molecule has 4 nitrogen and oxygen atoms in total. The molecule has 1 heterocycles. The van der Waals surface area contributed by atoms with Crippen LogP contribution in [0.5, 0.6) is 0 Å². The second-order valence-electron chi connectivity index (χ2n) is 4.67. The number of benzene rings is 2. The Labute approximate surface area is 140 Å². The molecule has 1 fully saturated rings. The number of carbonyl (C=O) groups is 2. The van der Waals surface area contributed by atoms with Gasteiger partial charge in [-0.05, 0) is 42.0 Å². The third-order valence-corrected chi connectivity index (χ3v) is 3.85. The van der Waals surface area contributed by atoms with Gasteiger partial charge >= 0.3 is 0 Å². The van der Waals surface area contributed by atoms with E-state index >= 15 is 0 Å². The van der Waals surface area contributed by atoms with Crippen molar-refractivity contribution >= 4 is 51.1 Å². The Morgan fingerprint density at radius 3 is 2.59 bits per heavy atom. The highest BCUT2D eigenvalue weighted by Gasteiger charge is 2.34. The number of nitrogens with zero attached hydrogens (tertiary/aromatic N) is 1. The van der Waals surface area contributed by atoms with Gasteiger partial charge in [-0.25, -0.2) is 5.01 Å². The Hall–Kier alpha value is -2.11. The first-order valence-electron chi connectivity index (χ1n) is 6.43. The van der Waals surface area contributed by atoms with E-state index in [0.29, 0.717) is 10.7 Å². The third kappa shape index (κ3) is 2.91. The molecular weight excluding hydrogens is 368 g/mol. The van der Waals surface area contributed by atoms with Crippen LogP contribution in [-0.4, -0.2) is 11.8 Å². The Balaban J connectivity index is 1.95. The molecule has 0 bridgehead atoms. The summed E-state index contributed by atoms with van der Waals surface area (Å²) in [7, 11) is 0. The van der Waals surface area contributed by atoms with Crippen molar-refractivity contribution in [3.05, 3.63) is 69.2 Å². The maximum Gasteiger partial charge on any atom is 0.282 e. The number of carbonyl (C=O) groups excluding carboxylic acids is 2. The second kappa shape index (κ2) is 5.94. The lowest BCUT2D eigenvalue weighted by molar-refractivity contribution is -0.117. The summed E-state index contributed by atoms with van der Waals surface area (Å²) >= 11 is 9.28. The van der Waals surface area contributed by atoms with Crippen LogP contribution in [0.1, 0.15) is 5.56 Å². The number of rotatable bonds is 2. The van der Waals surface area contributed by atoms with Crippen molar-refractivity contribution in [3.8, 4) is 0 Å². The van der Waals surface area contributed by atoms with Crippen LogP contribution in [0.15, 0.2) is 58.6 Å². The SMILES string of the molecule is O=C1NN(c2cccc(Cl)c2)C(=O)/C1=C\c1cccc(Br)c1. The standard InChI is InChI=1S/C16H10BrClN2O2/c17-11-4-1-3-10(7-11)8-14-15(21)19-20(16(14)22)13-6-2-5-12(18)9-13/h1-9H,(H,19,21)/b14-8-. The van der Waals surface area contributed by atoms with Crippen LogP contribution in [-0.2, 0) is 9.59 Å². The predicted octanol–water partition coefficient (Wildman–Crippen LogP) is 3.56. The number of nitrogens with one attached hydrogen (secondary N) is 1. The third-order valence-electron chi connectivity index (χ3n) is 3.12. The molecule has 22 heavy (non-hydrogen) atoms. The Kier molecular flexibility index (Phi) is 4.00. The van der Waals surface area contributed by atoms with Crippen molar-refractivity contribution < 1.29 is 9.59 Å². The van der Waals surface area contributed by atoms with E-state index in [1.807, 2.05) is 24.3 Å². The van der Waals surface area contributed by atoms with Gasteiger partial charge in [-0.3, -0.25) is 15.0 Å². The van der Waals surface area contributed by atoms with Gasteiger partial charge in [0.25, 0.3) is 11.8 Å². The lowest BCUT2D eigenvalue weighted by Gasteiger charge is -2.14. The summed E-state index contributed by atoms with van der Waals surface area (Å²) in [4.78, 5) is 24.5. The van der Waals surface area contributed by atoms with Gasteiger partial charge in [0.1, 0.15) is 5.57 Å². The largest absolute Gasteiger partial charge is 0.282 e. The van der Waals surface area contributed by atoms with Gasteiger partial charge < -0.3 is 0 Å². The molecule has 1 N–H and O–H groups in total. The monoisotopic (exact) mass is 376 g/mol. The molecule has 0 radical (unpaired) electrons. The summed E-state index contributed by atoms with van der Waals surface area (Å²) in [6.45, 7) is 0. The van der Waals surface area contributed by atoms with Crippen LogP contribution in [0.4, 0.5) is 5.69 Å². The molecule has 0 aromatic heterocycles. The van der Waals surface area contributed by atoms with E-state index < -0.39 is 11.8 Å². The van der Waals surface area contributed by atoms with E-state index in [4.69, 9.17) is 11.6 Å². The first-order chi connectivity index (χ1) is 10.5. The molecule has 2 amide bonds. The number of hydrogen-bond acceptors (Lipinski definition) is 2. The molecule has 0 aliphatic carbocycles. The van der Waals surface area contributed by atoms with Gasteiger partial charge in [-0.15, -0.1) is 0 Å². The molecule has 110 valence electrons. The van der Waals surface area contributed by atoms with Crippen molar-refractivity contribution in [3.63, 3.8) is 0 Å². The van der Waals surface area contributed by atoms with Crippen LogP contribution in [0.2, 0.25) is 5.02 Å². The van der Waals surface area contributed by atoms with E-state index in [9.17, 15) is 9.59 Å². The topological polar surface area (TPSA) is 49.4 Å². The molecular formula is C16H10BrClN2O2. The highest BCUT2D eigenvalue weighted by Crippen LogP contribution is 2.24. The first kappa shape index (κ1) is 14.8. The van der Waals surface area contributed by atoms with Crippen molar-refractivity contribution in [1.82, 2.24) is 5.43 Å². The zero-order valence-electron chi connectivity index (χ0n) is 11.2. The van der Waals surface area contributed by atoms with Crippen molar-refractivity contribution in [2.75, 3.05) is 5.01 Å². The molecule has 2 aromatic rings. The maximum atomic E-state index is 12.4. The minimum atomic E-state index is -0.440. The number of anilines is 1. The summed E-state index contributed by atoms with van der Waals surface area (Å²) < 4.78 is 0.874.